The Labute approximate surface area is 119 Å². The molecular formula is C14H18N2O3S. The maximum Gasteiger partial charge on any atom is 0.240 e. The van der Waals surface area contributed by atoms with Crippen molar-refractivity contribution >= 4 is 22.0 Å². The molecule has 0 saturated carbocycles. The van der Waals surface area contributed by atoms with Crippen molar-refractivity contribution in [2.24, 2.45) is 11.0 Å². The minimum absolute atomic E-state index is 0.0748. The SMILES string of the molecule is Cc1cccc(/C=N\NC(=O)C[C@H]2CCS(=O)(=O)C2)c1. The topological polar surface area (TPSA) is 75.6 Å². The van der Waals surface area contributed by atoms with E-state index in [1.54, 1.807) is 6.21 Å². The Hall–Kier alpha value is -1.69. The highest BCUT2D eigenvalue weighted by Gasteiger charge is 2.29. The average Bonchev–Trinajstić information content (AvgIpc) is 2.68. The zero-order valence-electron chi connectivity index (χ0n) is 11.4. The Morgan fingerprint density at radius 2 is 2.30 bits per heavy atom. The molecule has 1 aliphatic heterocycles. The van der Waals surface area contributed by atoms with E-state index in [4.69, 9.17) is 0 Å². The first-order valence-corrected chi connectivity index (χ1v) is 8.36. The highest BCUT2D eigenvalue weighted by Crippen LogP contribution is 2.21. The van der Waals surface area contributed by atoms with Crippen LogP contribution in [0.4, 0.5) is 0 Å². The number of nitrogens with zero attached hydrogens (tertiary/aromatic N) is 1. The second-order valence-electron chi connectivity index (χ2n) is 5.18. The molecule has 1 amide bonds. The molecule has 0 unspecified atom stereocenters. The molecule has 1 saturated heterocycles. The fourth-order valence-electron chi connectivity index (χ4n) is 2.27. The number of sulfone groups is 1. The van der Waals surface area contributed by atoms with Crippen molar-refractivity contribution in [3.8, 4) is 0 Å². The Bertz CT molecular complexity index is 623. The Kier molecular flexibility index (Phi) is 4.54. The van der Waals surface area contributed by atoms with Gasteiger partial charge in [0, 0.05) is 6.42 Å². The van der Waals surface area contributed by atoms with E-state index in [0.717, 1.165) is 11.1 Å². The van der Waals surface area contributed by atoms with Crippen LogP contribution in [-0.4, -0.2) is 32.0 Å². The molecule has 0 radical (unpaired) electrons. The molecule has 1 aromatic carbocycles. The summed E-state index contributed by atoms with van der Waals surface area (Å²) in [4.78, 5) is 11.6. The van der Waals surface area contributed by atoms with Crippen LogP contribution < -0.4 is 5.43 Å². The van der Waals surface area contributed by atoms with E-state index in [-0.39, 0.29) is 29.8 Å². The lowest BCUT2D eigenvalue weighted by Gasteiger charge is -2.05. The molecule has 0 bridgehead atoms. The number of carbonyl (C=O) groups excluding carboxylic acids is 1. The van der Waals surface area contributed by atoms with Gasteiger partial charge in [0.25, 0.3) is 0 Å². The van der Waals surface area contributed by atoms with E-state index >= 15 is 0 Å². The molecule has 2 rings (SSSR count). The Morgan fingerprint density at radius 1 is 1.50 bits per heavy atom. The summed E-state index contributed by atoms with van der Waals surface area (Å²) < 4.78 is 22.6. The second-order valence-corrected chi connectivity index (χ2v) is 7.41. The molecule has 1 heterocycles. The zero-order chi connectivity index (χ0) is 14.6. The smallest absolute Gasteiger partial charge is 0.240 e. The van der Waals surface area contributed by atoms with Gasteiger partial charge in [-0.25, -0.2) is 13.8 Å². The summed E-state index contributed by atoms with van der Waals surface area (Å²) in [5, 5.41) is 3.89. The Morgan fingerprint density at radius 3 is 2.95 bits per heavy atom. The van der Waals surface area contributed by atoms with E-state index < -0.39 is 9.84 Å². The average molecular weight is 294 g/mol. The lowest BCUT2D eigenvalue weighted by molar-refractivity contribution is -0.121. The number of rotatable bonds is 4. The van der Waals surface area contributed by atoms with Gasteiger partial charge in [-0.3, -0.25) is 4.79 Å². The molecule has 6 heteroatoms. The lowest BCUT2D eigenvalue weighted by Crippen LogP contribution is -2.21. The molecule has 108 valence electrons. The van der Waals surface area contributed by atoms with Gasteiger partial charge in [-0.1, -0.05) is 29.8 Å². The number of nitrogens with one attached hydrogen (secondary N) is 1. The van der Waals surface area contributed by atoms with E-state index in [9.17, 15) is 13.2 Å². The first-order valence-electron chi connectivity index (χ1n) is 6.53. The first-order chi connectivity index (χ1) is 9.44. The van der Waals surface area contributed by atoms with Gasteiger partial charge in [0.05, 0.1) is 17.7 Å². The molecule has 0 aliphatic carbocycles. The molecular weight excluding hydrogens is 276 g/mol. The monoisotopic (exact) mass is 294 g/mol. The van der Waals surface area contributed by atoms with Crippen LogP contribution in [0.3, 0.4) is 0 Å². The van der Waals surface area contributed by atoms with E-state index in [1.165, 1.54) is 0 Å². The summed E-state index contributed by atoms with van der Waals surface area (Å²) in [5.41, 5.74) is 4.47. The van der Waals surface area contributed by atoms with Crippen molar-refractivity contribution in [2.45, 2.75) is 19.8 Å². The quantitative estimate of drug-likeness (QED) is 0.671. The van der Waals surface area contributed by atoms with Gasteiger partial charge in [-0.15, -0.1) is 0 Å². The van der Waals surface area contributed by atoms with Crippen molar-refractivity contribution in [3.63, 3.8) is 0 Å². The van der Waals surface area contributed by atoms with E-state index in [0.29, 0.717) is 6.42 Å². The van der Waals surface area contributed by atoms with Crippen LogP contribution >= 0.6 is 0 Å². The highest BCUT2D eigenvalue weighted by atomic mass is 32.2. The molecule has 0 spiro atoms. The van der Waals surface area contributed by atoms with Gasteiger partial charge < -0.3 is 0 Å². The van der Waals surface area contributed by atoms with Crippen LogP contribution in [0.25, 0.3) is 0 Å². The van der Waals surface area contributed by atoms with Crippen molar-refractivity contribution in [1.29, 1.82) is 0 Å². The predicted molar refractivity (Wildman–Crippen MR) is 78.3 cm³/mol. The molecule has 0 aromatic heterocycles. The first kappa shape index (κ1) is 14.7. The predicted octanol–water partition coefficient (Wildman–Crippen LogP) is 1.27. The van der Waals surface area contributed by atoms with Gasteiger partial charge in [-0.2, -0.15) is 5.10 Å². The molecule has 5 nitrogen and oxygen atoms in total. The maximum absolute atomic E-state index is 11.6. The third-order valence-electron chi connectivity index (χ3n) is 3.25. The number of benzene rings is 1. The van der Waals surface area contributed by atoms with Gasteiger partial charge >= 0.3 is 0 Å². The van der Waals surface area contributed by atoms with E-state index in [1.807, 2.05) is 31.2 Å². The number of hydrogen-bond acceptors (Lipinski definition) is 4. The van der Waals surface area contributed by atoms with Crippen molar-refractivity contribution in [2.75, 3.05) is 11.5 Å². The fraction of sp³-hybridized carbons (Fsp3) is 0.429. The third kappa shape index (κ3) is 4.45. The largest absolute Gasteiger partial charge is 0.273 e. The van der Waals surface area contributed by atoms with Gasteiger partial charge in [0.2, 0.25) is 5.91 Å². The zero-order valence-corrected chi connectivity index (χ0v) is 12.2. The summed E-state index contributed by atoms with van der Waals surface area (Å²) in [6.07, 6.45) is 2.36. The minimum Gasteiger partial charge on any atom is -0.273 e. The molecule has 1 atom stereocenters. The number of amides is 1. The summed E-state index contributed by atoms with van der Waals surface area (Å²) >= 11 is 0. The van der Waals surface area contributed by atoms with Crippen molar-refractivity contribution < 1.29 is 13.2 Å². The number of hydrazone groups is 1. The van der Waals surface area contributed by atoms with Gasteiger partial charge in [0.15, 0.2) is 9.84 Å². The van der Waals surface area contributed by atoms with E-state index in [2.05, 4.69) is 10.5 Å². The Balaban J connectivity index is 1.81. The number of hydrogen-bond donors (Lipinski definition) is 1. The van der Waals surface area contributed by atoms with Crippen molar-refractivity contribution in [1.82, 2.24) is 5.43 Å². The summed E-state index contributed by atoms with van der Waals surface area (Å²) in [6.45, 7) is 1.98. The molecule has 1 fully saturated rings. The van der Waals surface area contributed by atoms with Crippen LogP contribution in [0.1, 0.15) is 24.0 Å². The van der Waals surface area contributed by atoms with Crippen LogP contribution in [0.2, 0.25) is 0 Å². The summed E-state index contributed by atoms with van der Waals surface area (Å²) in [6, 6.07) is 7.75. The standard InChI is InChI=1S/C14H18N2O3S/c1-11-3-2-4-12(7-11)9-15-16-14(17)8-13-5-6-20(18,19)10-13/h2-4,7,9,13H,5-6,8,10H2,1H3,(H,16,17)/b15-9-/t13-/m1/s1. The lowest BCUT2D eigenvalue weighted by atomic mass is 10.1. The van der Waals surface area contributed by atoms with Crippen LogP contribution in [0.15, 0.2) is 29.4 Å². The van der Waals surface area contributed by atoms with Crippen LogP contribution in [-0.2, 0) is 14.6 Å². The normalized spacial score (nSPS) is 21.1. The van der Waals surface area contributed by atoms with Crippen LogP contribution in [0.5, 0.6) is 0 Å². The van der Waals surface area contributed by atoms with Crippen molar-refractivity contribution in [3.05, 3.63) is 35.4 Å². The summed E-state index contributed by atoms with van der Waals surface area (Å²) in [5.74, 6) is -0.00957. The molecule has 1 aromatic rings. The van der Waals surface area contributed by atoms with Crippen LogP contribution in [0, 0.1) is 12.8 Å². The highest BCUT2D eigenvalue weighted by molar-refractivity contribution is 7.91. The fourth-order valence-corrected chi connectivity index (χ4v) is 4.13. The summed E-state index contributed by atoms with van der Waals surface area (Å²) in [7, 11) is -2.93. The van der Waals surface area contributed by atoms with Gasteiger partial charge in [-0.05, 0) is 24.8 Å². The molecule has 1 N–H and O–H groups in total. The molecule has 1 aliphatic rings. The number of aryl methyl sites for hydroxylation is 1. The number of carbonyl (C=O) groups is 1. The molecule has 20 heavy (non-hydrogen) atoms. The second kappa shape index (κ2) is 6.17. The third-order valence-corrected chi connectivity index (χ3v) is 5.08. The maximum atomic E-state index is 11.6. The van der Waals surface area contributed by atoms with Gasteiger partial charge in [0.1, 0.15) is 0 Å². The minimum atomic E-state index is -2.93.